The zero-order valence-electron chi connectivity index (χ0n) is 17.6. The highest BCUT2D eigenvalue weighted by Crippen LogP contribution is 2.37. The number of H-pyrrole nitrogens is 1. The molecule has 1 aliphatic heterocycles. The average molecular weight is 429 g/mol. The zero-order valence-corrected chi connectivity index (χ0v) is 17.6. The fourth-order valence-electron chi connectivity index (χ4n) is 4.61. The van der Waals surface area contributed by atoms with Crippen LogP contribution >= 0.6 is 0 Å². The number of carbonyl (C=O) groups excluding carboxylic acids is 1. The Morgan fingerprint density at radius 1 is 1.12 bits per heavy atom. The number of para-hydroxylation sites is 1. The molecule has 6 nitrogen and oxygen atoms in total. The van der Waals surface area contributed by atoms with Crippen LogP contribution in [0.5, 0.6) is 0 Å². The molecule has 0 bridgehead atoms. The quantitative estimate of drug-likeness (QED) is 0.495. The van der Waals surface area contributed by atoms with Crippen molar-refractivity contribution in [3.63, 3.8) is 0 Å². The molecular weight excluding hydrogens is 405 g/mol. The molecule has 7 heteroatoms. The van der Waals surface area contributed by atoms with Gasteiger partial charge in [0.05, 0.1) is 18.2 Å². The van der Waals surface area contributed by atoms with E-state index >= 15 is 0 Å². The minimum Gasteiger partial charge on any atom is -0.368 e. The number of hydrogen-bond acceptors (Lipinski definition) is 4. The topological polar surface area (TPSA) is 87.9 Å². The lowest BCUT2D eigenvalue weighted by atomic mass is 9.93. The Morgan fingerprint density at radius 2 is 1.94 bits per heavy atom. The second-order valence-corrected chi connectivity index (χ2v) is 8.14. The number of hydrogen-bond donors (Lipinski definition) is 2. The summed E-state index contributed by atoms with van der Waals surface area (Å²) < 4.78 is 14.6. The summed E-state index contributed by atoms with van der Waals surface area (Å²) in [4.78, 5) is 27.2. The van der Waals surface area contributed by atoms with E-state index in [4.69, 9.17) is 5.73 Å². The standard InChI is InChI=1S/C25H24FN5O/c26-20-9-3-1-8-18(20)19-15-29-25(27)30-24(19)22-11-5-6-12-31(22)23(32)13-16-14-28-21-10-4-2-7-17(16)21/h1-4,7-10,14-15,22,28H,5-6,11-13H2,(H2,27,29,30)/t22-/m0/s1. The van der Waals surface area contributed by atoms with Crippen LogP contribution in [0.4, 0.5) is 10.3 Å². The largest absolute Gasteiger partial charge is 0.368 e. The Hall–Kier alpha value is -3.74. The molecule has 2 aromatic carbocycles. The molecule has 1 amide bonds. The molecule has 3 heterocycles. The van der Waals surface area contributed by atoms with E-state index < -0.39 is 0 Å². The molecule has 162 valence electrons. The predicted molar refractivity (Wildman–Crippen MR) is 122 cm³/mol. The van der Waals surface area contributed by atoms with Crippen LogP contribution in [0.2, 0.25) is 0 Å². The Kier molecular flexibility index (Phi) is 5.31. The third kappa shape index (κ3) is 3.70. The molecule has 32 heavy (non-hydrogen) atoms. The summed E-state index contributed by atoms with van der Waals surface area (Å²) in [5, 5.41) is 1.05. The SMILES string of the molecule is Nc1ncc(-c2ccccc2F)c([C@@H]2CCCCN2C(=O)Cc2c[nH]c3ccccc23)n1. The summed E-state index contributed by atoms with van der Waals surface area (Å²) in [7, 11) is 0. The van der Waals surface area contributed by atoms with Crippen LogP contribution in [0.25, 0.3) is 22.0 Å². The molecule has 0 unspecified atom stereocenters. The first kappa shape index (κ1) is 20.2. The van der Waals surface area contributed by atoms with Crippen molar-refractivity contribution in [1.29, 1.82) is 0 Å². The predicted octanol–water partition coefficient (Wildman–Crippen LogP) is 4.64. The molecule has 1 fully saturated rings. The number of nitrogens with zero attached hydrogens (tertiary/aromatic N) is 3. The first-order chi connectivity index (χ1) is 15.6. The highest BCUT2D eigenvalue weighted by molar-refractivity contribution is 5.89. The number of rotatable bonds is 4. The summed E-state index contributed by atoms with van der Waals surface area (Å²) in [5.74, 6) is -0.208. The van der Waals surface area contributed by atoms with E-state index in [-0.39, 0.29) is 30.1 Å². The van der Waals surface area contributed by atoms with Gasteiger partial charge in [0, 0.05) is 41.0 Å². The highest BCUT2D eigenvalue weighted by Gasteiger charge is 2.32. The van der Waals surface area contributed by atoms with E-state index in [1.165, 1.54) is 6.07 Å². The first-order valence-corrected chi connectivity index (χ1v) is 10.8. The van der Waals surface area contributed by atoms with E-state index in [0.717, 1.165) is 35.7 Å². The van der Waals surface area contributed by atoms with Crippen LogP contribution in [0.1, 0.15) is 36.6 Å². The van der Waals surface area contributed by atoms with E-state index in [2.05, 4.69) is 15.0 Å². The van der Waals surface area contributed by atoms with Gasteiger partial charge in [-0.15, -0.1) is 0 Å². The van der Waals surface area contributed by atoms with Crippen molar-refractivity contribution in [3.8, 4) is 11.1 Å². The molecule has 5 rings (SSSR count). The van der Waals surface area contributed by atoms with Gasteiger partial charge >= 0.3 is 0 Å². The molecule has 1 aliphatic rings. The van der Waals surface area contributed by atoms with Gasteiger partial charge in [-0.1, -0.05) is 36.4 Å². The summed E-state index contributed by atoms with van der Waals surface area (Å²) in [6, 6.07) is 14.2. The van der Waals surface area contributed by atoms with E-state index in [1.54, 1.807) is 24.4 Å². The van der Waals surface area contributed by atoms with Crippen molar-refractivity contribution in [2.24, 2.45) is 0 Å². The fourth-order valence-corrected chi connectivity index (χ4v) is 4.61. The summed E-state index contributed by atoms with van der Waals surface area (Å²) in [6.45, 7) is 0.631. The van der Waals surface area contributed by atoms with Gasteiger partial charge in [-0.2, -0.15) is 0 Å². The van der Waals surface area contributed by atoms with Gasteiger partial charge in [-0.3, -0.25) is 4.79 Å². The Morgan fingerprint density at radius 3 is 2.81 bits per heavy atom. The minimum atomic E-state index is -0.352. The Labute approximate surface area is 185 Å². The van der Waals surface area contributed by atoms with Gasteiger partial charge in [-0.05, 0) is 37.0 Å². The number of nitrogens with two attached hydrogens (primary N) is 1. The van der Waals surface area contributed by atoms with Crippen LogP contribution in [0.3, 0.4) is 0 Å². The zero-order chi connectivity index (χ0) is 22.1. The van der Waals surface area contributed by atoms with Crippen LogP contribution in [0, 0.1) is 5.82 Å². The Bertz CT molecular complexity index is 1280. The maximum absolute atomic E-state index is 14.6. The maximum Gasteiger partial charge on any atom is 0.227 e. The smallest absolute Gasteiger partial charge is 0.227 e. The van der Waals surface area contributed by atoms with Crippen LogP contribution in [0.15, 0.2) is 60.9 Å². The lowest BCUT2D eigenvalue weighted by Crippen LogP contribution is -2.40. The number of aromatic amines is 1. The van der Waals surface area contributed by atoms with Gasteiger partial charge in [-0.25, -0.2) is 14.4 Å². The summed E-state index contributed by atoms with van der Waals surface area (Å²) in [5.41, 5.74) is 9.49. The average Bonchev–Trinajstić information content (AvgIpc) is 3.22. The number of likely N-dealkylation sites (tertiary alicyclic amines) is 1. The third-order valence-electron chi connectivity index (χ3n) is 6.16. The number of carbonyl (C=O) groups is 1. The van der Waals surface area contributed by atoms with Crippen molar-refractivity contribution in [3.05, 3.63) is 78.0 Å². The van der Waals surface area contributed by atoms with Crippen molar-refractivity contribution < 1.29 is 9.18 Å². The molecule has 4 aromatic rings. The number of aromatic nitrogens is 3. The van der Waals surface area contributed by atoms with E-state index in [0.29, 0.717) is 23.4 Å². The second kappa shape index (κ2) is 8.42. The van der Waals surface area contributed by atoms with Crippen LogP contribution < -0.4 is 5.73 Å². The number of benzene rings is 2. The van der Waals surface area contributed by atoms with Crippen molar-refractivity contribution in [1.82, 2.24) is 19.9 Å². The number of amides is 1. The fraction of sp³-hybridized carbons (Fsp3) is 0.240. The molecule has 0 aliphatic carbocycles. The summed E-state index contributed by atoms with van der Waals surface area (Å²) >= 11 is 0. The lowest BCUT2D eigenvalue weighted by molar-refractivity contribution is -0.134. The molecule has 2 aromatic heterocycles. The van der Waals surface area contributed by atoms with Gasteiger partial charge in [0.2, 0.25) is 11.9 Å². The first-order valence-electron chi connectivity index (χ1n) is 10.8. The molecule has 3 N–H and O–H groups in total. The monoisotopic (exact) mass is 429 g/mol. The second-order valence-electron chi connectivity index (χ2n) is 8.14. The van der Waals surface area contributed by atoms with Gasteiger partial charge in [0.15, 0.2) is 0 Å². The maximum atomic E-state index is 14.6. The lowest BCUT2D eigenvalue weighted by Gasteiger charge is -2.36. The highest BCUT2D eigenvalue weighted by atomic mass is 19.1. The minimum absolute atomic E-state index is 0.0242. The molecule has 0 radical (unpaired) electrons. The normalized spacial score (nSPS) is 16.4. The van der Waals surface area contributed by atoms with Crippen molar-refractivity contribution in [2.45, 2.75) is 31.7 Å². The van der Waals surface area contributed by atoms with Crippen molar-refractivity contribution in [2.75, 3.05) is 12.3 Å². The molecule has 0 saturated carbocycles. The molecule has 0 spiro atoms. The van der Waals surface area contributed by atoms with Crippen LogP contribution in [-0.4, -0.2) is 32.3 Å². The number of fused-ring (bicyclic) bond motifs is 1. The molecule has 1 atom stereocenters. The van der Waals surface area contributed by atoms with Gasteiger partial charge in [0.1, 0.15) is 5.82 Å². The molecule has 1 saturated heterocycles. The van der Waals surface area contributed by atoms with Crippen molar-refractivity contribution >= 4 is 22.8 Å². The number of nitrogens with one attached hydrogen (secondary N) is 1. The number of halogens is 1. The van der Waals surface area contributed by atoms with E-state index in [9.17, 15) is 9.18 Å². The summed E-state index contributed by atoms with van der Waals surface area (Å²) in [6.07, 6.45) is 6.38. The van der Waals surface area contributed by atoms with E-state index in [1.807, 2.05) is 35.4 Å². The van der Waals surface area contributed by atoms with Gasteiger partial charge in [0.25, 0.3) is 0 Å². The Balaban J connectivity index is 1.51. The number of anilines is 1. The number of piperidine rings is 1. The van der Waals surface area contributed by atoms with Crippen LogP contribution in [-0.2, 0) is 11.2 Å². The molecular formula is C25H24FN5O. The number of nitrogen functional groups attached to an aromatic ring is 1. The van der Waals surface area contributed by atoms with Gasteiger partial charge < -0.3 is 15.6 Å². The third-order valence-corrected chi connectivity index (χ3v) is 6.16.